The fourth-order valence-corrected chi connectivity index (χ4v) is 4.10. The molecule has 20 heavy (non-hydrogen) atoms. The van der Waals surface area contributed by atoms with Gasteiger partial charge in [-0.05, 0) is 37.5 Å². The summed E-state index contributed by atoms with van der Waals surface area (Å²) in [6.07, 6.45) is 2.99. The third kappa shape index (κ3) is 2.94. The monoisotopic (exact) mass is 302 g/mol. The molecule has 7 heteroatoms. The summed E-state index contributed by atoms with van der Waals surface area (Å²) >= 11 is 0. The molecule has 3 N–H and O–H groups in total. The van der Waals surface area contributed by atoms with Gasteiger partial charge in [-0.1, -0.05) is 6.42 Å². The highest BCUT2D eigenvalue weighted by molar-refractivity contribution is 7.89. The van der Waals surface area contributed by atoms with E-state index in [-0.39, 0.29) is 29.8 Å². The third-order valence-corrected chi connectivity index (χ3v) is 5.60. The lowest BCUT2D eigenvalue weighted by atomic mass is 9.93. The second kappa shape index (κ2) is 6.07. The van der Waals surface area contributed by atoms with Crippen LogP contribution in [0.25, 0.3) is 0 Å². The molecule has 1 aliphatic carbocycles. The van der Waals surface area contributed by atoms with Gasteiger partial charge in [0, 0.05) is 19.2 Å². The molecule has 0 aromatic heterocycles. The minimum Gasteiger partial charge on any atom is -0.398 e. The van der Waals surface area contributed by atoms with E-state index in [1.807, 2.05) is 0 Å². The fraction of sp³-hybridized carbons (Fsp3) is 0.538. The maximum absolute atomic E-state index is 13.1. The first-order valence-corrected chi connectivity index (χ1v) is 8.08. The van der Waals surface area contributed by atoms with Crippen molar-refractivity contribution in [2.75, 3.05) is 18.9 Å². The predicted octanol–water partition coefficient (Wildman–Crippen LogP) is 1.33. The van der Waals surface area contributed by atoms with E-state index >= 15 is 0 Å². The molecular weight excluding hydrogens is 283 g/mol. The van der Waals surface area contributed by atoms with Gasteiger partial charge in [-0.25, -0.2) is 12.8 Å². The molecule has 0 saturated heterocycles. The van der Waals surface area contributed by atoms with Crippen molar-refractivity contribution in [1.29, 1.82) is 0 Å². The quantitative estimate of drug-likeness (QED) is 0.777. The van der Waals surface area contributed by atoms with Crippen LogP contribution in [-0.4, -0.2) is 37.0 Å². The number of sulfonamides is 1. The van der Waals surface area contributed by atoms with Crippen molar-refractivity contribution in [3.63, 3.8) is 0 Å². The molecular formula is C13H19FN2O3S. The molecule has 0 atom stereocenters. The molecule has 112 valence electrons. The molecule has 0 amide bonds. The highest BCUT2D eigenvalue weighted by Crippen LogP contribution is 2.32. The van der Waals surface area contributed by atoms with Crippen LogP contribution in [-0.2, 0) is 10.0 Å². The van der Waals surface area contributed by atoms with Crippen molar-refractivity contribution in [3.8, 4) is 0 Å². The topological polar surface area (TPSA) is 83.6 Å². The van der Waals surface area contributed by atoms with Gasteiger partial charge in [0.2, 0.25) is 10.0 Å². The van der Waals surface area contributed by atoms with Crippen molar-refractivity contribution in [2.24, 2.45) is 0 Å². The van der Waals surface area contributed by atoms with Crippen LogP contribution in [0.3, 0.4) is 0 Å². The Bertz CT molecular complexity index is 573. The minimum atomic E-state index is -3.75. The van der Waals surface area contributed by atoms with E-state index in [1.54, 1.807) is 0 Å². The highest BCUT2D eigenvalue weighted by Gasteiger charge is 2.35. The average molecular weight is 302 g/mol. The van der Waals surface area contributed by atoms with Gasteiger partial charge in [0.1, 0.15) is 10.7 Å². The Morgan fingerprint density at radius 3 is 2.60 bits per heavy atom. The molecule has 0 heterocycles. The van der Waals surface area contributed by atoms with E-state index < -0.39 is 15.8 Å². The Morgan fingerprint density at radius 1 is 1.40 bits per heavy atom. The zero-order chi connectivity index (χ0) is 14.8. The number of aliphatic hydroxyl groups is 1. The molecule has 1 aliphatic rings. The summed E-state index contributed by atoms with van der Waals surface area (Å²) in [5.74, 6) is -0.563. The van der Waals surface area contributed by atoms with E-state index in [0.717, 1.165) is 31.4 Å². The number of rotatable bonds is 6. The molecule has 5 nitrogen and oxygen atoms in total. The lowest BCUT2D eigenvalue weighted by Gasteiger charge is -2.36. The molecule has 1 aromatic carbocycles. The molecule has 0 spiro atoms. The van der Waals surface area contributed by atoms with E-state index in [0.29, 0.717) is 6.42 Å². The first-order valence-electron chi connectivity index (χ1n) is 6.64. The van der Waals surface area contributed by atoms with Gasteiger partial charge in [-0.2, -0.15) is 4.31 Å². The van der Waals surface area contributed by atoms with Gasteiger partial charge in [-0.15, -0.1) is 0 Å². The summed E-state index contributed by atoms with van der Waals surface area (Å²) in [7, 11) is -3.75. The maximum atomic E-state index is 13.1. The average Bonchev–Trinajstić information content (AvgIpc) is 2.31. The Kier molecular flexibility index (Phi) is 4.62. The number of hydrogen-bond donors (Lipinski definition) is 2. The summed E-state index contributed by atoms with van der Waals surface area (Å²) in [5, 5.41) is 8.92. The van der Waals surface area contributed by atoms with Gasteiger partial charge in [-0.3, -0.25) is 0 Å². The summed E-state index contributed by atoms with van der Waals surface area (Å²) in [4.78, 5) is -0.0660. The fourth-order valence-electron chi connectivity index (χ4n) is 2.28. The Hall–Kier alpha value is -1.18. The standard InChI is InChI=1S/C13H19FN2O3S/c14-10-5-6-13(12(15)9-10)20(18,19)16(7-2-8-17)11-3-1-4-11/h5-6,9,11,17H,1-4,7-8,15H2. The van der Waals surface area contributed by atoms with Crippen LogP contribution in [0.15, 0.2) is 23.1 Å². The van der Waals surface area contributed by atoms with Gasteiger partial charge in [0.25, 0.3) is 0 Å². The number of nitrogens with zero attached hydrogens (tertiary/aromatic N) is 1. The molecule has 0 unspecified atom stereocenters. The number of nitrogens with two attached hydrogens (primary N) is 1. The van der Waals surface area contributed by atoms with Gasteiger partial charge >= 0.3 is 0 Å². The summed E-state index contributed by atoms with van der Waals surface area (Å²) < 4.78 is 39.7. The molecule has 0 radical (unpaired) electrons. The number of anilines is 1. The van der Waals surface area contributed by atoms with Crippen LogP contribution in [0.4, 0.5) is 10.1 Å². The van der Waals surface area contributed by atoms with Gasteiger partial charge in [0.15, 0.2) is 0 Å². The van der Waals surface area contributed by atoms with Gasteiger partial charge < -0.3 is 10.8 Å². The van der Waals surface area contributed by atoms with Crippen LogP contribution < -0.4 is 5.73 Å². The van der Waals surface area contributed by atoms with E-state index in [1.165, 1.54) is 10.4 Å². The lowest BCUT2D eigenvalue weighted by molar-refractivity contribution is 0.198. The van der Waals surface area contributed by atoms with Crippen molar-refractivity contribution in [1.82, 2.24) is 4.31 Å². The van der Waals surface area contributed by atoms with Crippen LogP contribution in [0, 0.1) is 5.82 Å². The zero-order valence-electron chi connectivity index (χ0n) is 11.1. The summed E-state index contributed by atoms with van der Waals surface area (Å²) in [5.41, 5.74) is 5.55. The maximum Gasteiger partial charge on any atom is 0.245 e. The normalized spacial score (nSPS) is 16.4. The van der Waals surface area contributed by atoms with E-state index in [4.69, 9.17) is 10.8 Å². The number of hydrogen-bond acceptors (Lipinski definition) is 4. The molecule has 0 bridgehead atoms. The van der Waals surface area contributed by atoms with Crippen LogP contribution in [0.1, 0.15) is 25.7 Å². The number of benzene rings is 1. The molecule has 1 aromatic rings. The number of nitrogen functional groups attached to an aromatic ring is 1. The molecule has 2 rings (SSSR count). The Morgan fingerprint density at radius 2 is 2.10 bits per heavy atom. The van der Waals surface area contributed by atoms with Crippen molar-refractivity contribution >= 4 is 15.7 Å². The minimum absolute atomic E-state index is 0.0454. The molecule has 0 aliphatic heterocycles. The van der Waals surface area contributed by atoms with Crippen LogP contribution in [0.2, 0.25) is 0 Å². The third-order valence-electron chi connectivity index (χ3n) is 3.58. The second-order valence-electron chi connectivity index (χ2n) is 4.96. The van der Waals surface area contributed by atoms with E-state index in [9.17, 15) is 12.8 Å². The second-order valence-corrected chi connectivity index (χ2v) is 6.82. The zero-order valence-corrected chi connectivity index (χ0v) is 11.9. The number of halogens is 1. The SMILES string of the molecule is Nc1cc(F)ccc1S(=O)(=O)N(CCCO)C1CCC1. The lowest BCUT2D eigenvalue weighted by Crippen LogP contribution is -2.45. The Labute approximate surface area is 118 Å². The van der Waals surface area contributed by atoms with Crippen LogP contribution in [0.5, 0.6) is 0 Å². The van der Waals surface area contributed by atoms with Gasteiger partial charge in [0.05, 0.1) is 5.69 Å². The van der Waals surface area contributed by atoms with Crippen molar-refractivity contribution in [2.45, 2.75) is 36.6 Å². The highest BCUT2D eigenvalue weighted by atomic mass is 32.2. The summed E-state index contributed by atoms with van der Waals surface area (Å²) in [6.45, 7) is 0.179. The first-order chi connectivity index (χ1) is 9.46. The molecule has 1 saturated carbocycles. The smallest absolute Gasteiger partial charge is 0.245 e. The Balaban J connectivity index is 2.33. The largest absolute Gasteiger partial charge is 0.398 e. The van der Waals surface area contributed by atoms with E-state index in [2.05, 4.69) is 0 Å². The molecule has 1 fully saturated rings. The summed E-state index contributed by atoms with van der Waals surface area (Å²) in [6, 6.07) is 3.26. The first kappa shape index (κ1) is 15.2. The van der Waals surface area contributed by atoms with Crippen molar-refractivity contribution < 1.29 is 17.9 Å². The van der Waals surface area contributed by atoms with Crippen LogP contribution >= 0.6 is 0 Å². The number of aliphatic hydroxyl groups excluding tert-OH is 1. The van der Waals surface area contributed by atoms with Crippen molar-refractivity contribution in [3.05, 3.63) is 24.0 Å². The predicted molar refractivity (Wildman–Crippen MR) is 74.0 cm³/mol.